The van der Waals surface area contributed by atoms with Gasteiger partial charge in [0, 0.05) is 30.3 Å². The molecule has 0 aliphatic carbocycles. The Bertz CT molecular complexity index is 887. The van der Waals surface area contributed by atoms with Gasteiger partial charge in [-0.15, -0.1) is 0 Å². The predicted octanol–water partition coefficient (Wildman–Crippen LogP) is 4.57. The topological polar surface area (TPSA) is 80.7 Å². The molecule has 2 aromatic carbocycles. The van der Waals surface area contributed by atoms with Crippen molar-refractivity contribution in [2.24, 2.45) is 5.92 Å². The Labute approximate surface area is 182 Å². The number of benzene rings is 2. The lowest BCUT2D eigenvalue weighted by molar-refractivity contribution is 0.119. The molecule has 1 aliphatic rings. The van der Waals surface area contributed by atoms with E-state index in [4.69, 9.17) is 21.7 Å². The van der Waals surface area contributed by atoms with Gasteiger partial charge in [0.25, 0.3) is 0 Å². The van der Waals surface area contributed by atoms with Crippen molar-refractivity contribution in [2.75, 3.05) is 37.4 Å². The maximum Gasteiger partial charge on any atom is 0.321 e. The molecule has 0 saturated carbocycles. The third kappa shape index (κ3) is 5.16. The third-order valence-corrected chi connectivity index (χ3v) is 5.47. The Morgan fingerprint density at radius 1 is 1.13 bits per heavy atom. The van der Waals surface area contributed by atoms with Gasteiger partial charge < -0.3 is 25.2 Å². The van der Waals surface area contributed by atoms with Gasteiger partial charge in [0.2, 0.25) is 0 Å². The molecule has 1 aliphatic heterocycles. The van der Waals surface area contributed by atoms with Crippen LogP contribution in [0.5, 0.6) is 5.75 Å². The summed E-state index contributed by atoms with van der Waals surface area (Å²) in [6.45, 7) is 5.84. The number of carbonyl (C=O) groups is 1. The van der Waals surface area contributed by atoms with Gasteiger partial charge in [0.05, 0.1) is 18.8 Å². The minimum Gasteiger partial charge on any atom is -0.495 e. The number of amides is 2. The first-order valence-electron chi connectivity index (χ1n) is 9.95. The molecule has 1 fully saturated rings. The summed E-state index contributed by atoms with van der Waals surface area (Å²) in [7, 11) is 1.61. The monoisotopic (exact) mass is 429 g/mol. The Kier molecular flexibility index (Phi) is 7.05. The van der Waals surface area contributed by atoms with Crippen LogP contribution in [0, 0.1) is 11.3 Å². The van der Waals surface area contributed by atoms with Crippen molar-refractivity contribution in [2.45, 2.75) is 19.9 Å². The number of piperazine rings is 1. The highest BCUT2D eigenvalue weighted by molar-refractivity contribution is 6.30. The van der Waals surface area contributed by atoms with Crippen LogP contribution < -0.4 is 15.4 Å². The van der Waals surface area contributed by atoms with Crippen molar-refractivity contribution in [3.05, 3.63) is 53.6 Å². The molecule has 1 unspecified atom stereocenters. The number of nitrogens with zero attached hydrogens (tertiary/aromatic N) is 2. The van der Waals surface area contributed by atoms with Crippen LogP contribution in [0.15, 0.2) is 48.5 Å². The third-order valence-electron chi connectivity index (χ3n) is 5.22. The fourth-order valence-electron chi connectivity index (χ4n) is 3.53. The maximum atomic E-state index is 12.7. The van der Waals surface area contributed by atoms with Gasteiger partial charge in [-0.3, -0.25) is 5.41 Å². The number of rotatable bonds is 4. The molecule has 0 aromatic heterocycles. The van der Waals surface area contributed by atoms with Crippen molar-refractivity contribution < 1.29 is 9.53 Å². The number of methoxy groups -OCH3 is 1. The summed E-state index contributed by atoms with van der Waals surface area (Å²) >= 11 is 5.91. The van der Waals surface area contributed by atoms with E-state index in [1.54, 1.807) is 36.3 Å². The summed E-state index contributed by atoms with van der Waals surface area (Å²) in [6.07, 6.45) is 0. The number of urea groups is 1. The highest BCUT2D eigenvalue weighted by Gasteiger charge is 2.33. The minimum atomic E-state index is -0.146. The predicted molar refractivity (Wildman–Crippen MR) is 122 cm³/mol. The van der Waals surface area contributed by atoms with E-state index in [0.717, 1.165) is 5.69 Å². The lowest BCUT2D eigenvalue weighted by Gasteiger charge is -2.44. The second kappa shape index (κ2) is 9.71. The molecule has 0 spiro atoms. The minimum absolute atomic E-state index is 0.0180. The van der Waals surface area contributed by atoms with Gasteiger partial charge in [0.15, 0.2) is 5.96 Å². The van der Waals surface area contributed by atoms with Gasteiger partial charge in [-0.25, -0.2) is 4.79 Å². The van der Waals surface area contributed by atoms with E-state index < -0.39 is 0 Å². The first kappa shape index (κ1) is 21.8. The summed E-state index contributed by atoms with van der Waals surface area (Å²) in [6, 6.07) is 14.5. The molecule has 3 rings (SSSR count). The molecule has 0 radical (unpaired) electrons. The number of hydrogen-bond acceptors (Lipinski definition) is 3. The zero-order valence-corrected chi connectivity index (χ0v) is 18.2. The Morgan fingerprint density at radius 2 is 1.83 bits per heavy atom. The Morgan fingerprint density at radius 3 is 2.50 bits per heavy atom. The Balaban J connectivity index is 1.66. The molecule has 160 valence electrons. The van der Waals surface area contributed by atoms with Crippen LogP contribution in [-0.4, -0.2) is 54.6 Å². The van der Waals surface area contributed by atoms with Gasteiger partial charge in [-0.1, -0.05) is 37.6 Å². The smallest absolute Gasteiger partial charge is 0.321 e. The summed E-state index contributed by atoms with van der Waals surface area (Å²) < 4.78 is 5.37. The van der Waals surface area contributed by atoms with Gasteiger partial charge in [-0.05, 0) is 42.3 Å². The van der Waals surface area contributed by atoms with Gasteiger partial charge in [0.1, 0.15) is 5.75 Å². The van der Waals surface area contributed by atoms with Crippen LogP contribution in [-0.2, 0) is 0 Å². The molecule has 7 nitrogen and oxygen atoms in total. The van der Waals surface area contributed by atoms with E-state index in [9.17, 15) is 4.79 Å². The summed E-state index contributed by atoms with van der Waals surface area (Å²) in [5.41, 5.74) is 1.45. The molecule has 2 aromatic rings. The summed E-state index contributed by atoms with van der Waals surface area (Å²) in [4.78, 5) is 16.6. The highest BCUT2D eigenvalue weighted by Crippen LogP contribution is 2.25. The lowest BCUT2D eigenvalue weighted by Crippen LogP contribution is -2.60. The largest absolute Gasteiger partial charge is 0.495 e. The average molecular weight is 430 g/mol. The van der Waals surface area contributed by atoms with Crippen LogP contribution in [0.3, 0.4) is 0 Å². The van der Waals surface area contributed by atoms with Crippen molar-refractivity contribution in [3.63, 3.8) is 0 Å². The Hall–Kier alpha value is -2.93. The molecule has 2 amide bonds. The van der Waals surface area contributed by atoms with E-state index in [-0.39, 0.29) is 18.0 Å². The molecule has 1 atom stereocenters. The molecule has 30 heavy (non-hydrogen) atoms. The van der Waals surface area contributed by atoms with Crippen LogP contribution in [0.1, 0.15) is 13.8 Å². The second-order valence-electron chi connectivity index (χ2n) is 7.56. The van der Waals surface area contributed by atoms with Crippen molar-refractivity contribution in [3.8, 4) is 5.75 Å². The average Bonchev–Trinajstić information content (AvgIpc) is 2.75. The fraction of sp³-hybridized carbons (Fsp3) is 0.364. The lowest BCUT2D eigenvalue weighted by atomic mass is 10.00. The van der Waals surface area contributed by atoms with E-state index in [0.29, 0.717) is 42.1 Å². The van der Waals surface area contributed by atoms with Crippen LogP contribution in [0.4, 0.5) is 16.2 Å². The van der Waals surface area contributed by atoms with Crippen LogP contribution in [0.25, 0.3) is 0 Å². The zero-order chi connectivity index (χ0) is 21.7. The molecule has 1 saturated heterocycles. The first-order valence-corrected chi connectivity index (χ1v) is 10.3. The van der Waals surface area contributed by atoms with Crippen molar-refractivity contribution >= 4 is 35.0 Å². The number of anilines is 2. The van der Waals surface area contributed by atoms with Crippen molar-refractivity contribution in [1.82, 2.24) is 9.80 Å². The zero-order valence-electron chi connectivity index (χ0n) is 17.5. The first-order chi connectivity index (χ1) is 14.4. The highest BCUT2D eigenvalue weighted by atomic mass is 35.5. The molecular weight excluding hydrogens is 402 g/mol. The molecular formula is C22H28ClN5O2. The van der Waals surface area contributed by atoms with E-state index in [1.165, 1.54) is 0 Å². The number of nitrogens with one attached hydrogen (secondary N) is 3. The van der Waals surface area contributed by atoms with E-state index in [2.05, 4.69) is 24.5 Å². The maximum absolute atomic E-state index is 12.7. The number of hydrogen-bond donors (Lipinski definition) is 3. The van der Waals surface area contributed by atoms with E-state index in [1.807, 2.05) is 29.2 Å². The molecule has 8 heteroatoms. The quantitative estimate of drug-likeness (QED) is 0.491. The number of ether oxygens (including phenoxy) is 1. The standard InChI is InChI=1S/C22H28ClN5O2/c1-15(2)19-14-27(22(29)25-17-10-8-16(23)9-11-17)12-13-28(19)21(24)26-18-6-4-5-7-20(18)30-3/h4-11,15,19H,12-14H2,1-3H3,(H2,24,26)(H,25,29). The normalized spacial score (nSPS) is 16.4. The van der Waals surface area contributed by atoms with Gasteiger partial charge in [-0.2, -0.15) is 0 Å². The number of carbonyl (C=O) groups excluding carboxylic acids is 1. The number of halogens is 1. The van der Waals surface area contributed by atoms with Crippen LogP contribution >= 0.6 is 11.6 Å². The van der Waals surface area contributed by atoms with Crippen molar-refractivity contribution in [1.29, 1.82) is 5.41 Å². The summed E-state index contributed by atoms with van der Waals surface area (Å²) in [5, 5.41) is 15.3. The van der Waals surface area contributed by atoms with Crippen LogP contribution in [0.2, 0.25) is 5.02 Å². The molecule has 0 bridgehead atoms. The number of para-hydroxylation sites is 2. The molecule has 1 heterocycles. The summed E-state index contributed by atoms with van der Waals surface area (Å²) in [5.74, 6) is 1.25. The SMILES string of the molecule is COc1ccccc1NC(=N)N1CCN(C(=O)Nc2ccc(Cl)cc2)CC1C(C)C. The fourth-order valence-corrected chi connectivity index (χ4v) is 3.65. The van der Waals surface area contributed by atoms with Gasteiger partial charge >= 0.3 is 6.03 Å². The number of guanidine groups is 1. The van der Waals surface area contributed by atoms with E-state index >= 15 is 0 Å². The molecule has 3 N–H and O–H groups in total. The second-order valence-corrected chi connectivity index (χ2v) is 8.00.